The molecule has 1 aliphatic heterocycles. The van der Waals surface area contributed by atoms with Crippen molar-refractivity contribution in [3.8, 4) is 0 Å². The first-order valence-electron chi connectivity index (χ1n) is 6.58. The predicted molar refractivity (Wildman–Crippen MR) is 76.1 cm³/mol. The second-order valence-electron chi connectivity index (χ2n) is 5.04. The van der Waals surface area contributed by atoms with Crippen LogP contribution in [0, 0.1) is 6.92 Å². The Balaban J connectivity index is 1.88. The van der Waals surface area contributed by atoms with Crippen LogP contribution in [0.3, 0.4) is 0 Å². The minimum Gasteiger partial charge on any atom is -0.299 e. The van der Waals surface area contributed by atoms with E-state index in [0.717, 1.165) is 5.69 Å². The fourth-order valence-electron chi connectivity index (χ4n) is 2.23. The quantitative estimate of drug-likeness (QED) is 0.722. The second-order valence-corrected chi connectivity index (χ2v) is 7.02. The maximum Gasteiger partial charge on any atom is 0.266 e. The van der Waals surface area contributed by atoms with Crippen molar-refractivity contribution in [2.24, 2.45) is 0 Å². The van der Waals surface area contributed by atoms with E-state index in [1.807, 2.05) is 6.92 Å². The lowest BCUT2D eigenvalue weighted by Crippen LogP contribution is -2.49. The van der Waals surface area contributed by atoms with E-state index in [1.165, 1.54) is 21.3 Å². The fourth-order valence-corrected chi connectivity index (χ4v) is 3.06. The van der Waals surface area contributed by atoms with Crippen LogP contribution in [0.5, 0.6) is 0 Å². The molecule has 1 fully saturated rings. The van der Waals surface area contributed by atoms with Crippen molar-refractivity contribution in [3.05, 3.63) is 28.2 Å². The highest BCUT2D eigenvalue weighted by molar-refractivity contribution is 7.88. The molecular formula is C12H20N4O3S. The topological polar surface area (TPSA) is 75.5 Å². The van der Waals surface area contributed by atoms with Crippen LogP contribution in [-0.4, -0.2) is 66.4 Å². The van der Waals surface area contributed by atoms with E-state index in [9.17, 15) is 13.2 Å². The Morgan fingerprint density at radius 2 is 1.80 bits per heavy atom. The molecule has 1 aromatic rings. The summed E-state index contributed by atoms with van der Waals surface area (Å²) in [4.78, 5) is 13.8. The van der Waals surface area contributed by atoms with Crippen LogP contribution < -0.4 is 5.56 Å². The monoisotopic (exact) mass is 300 g/mol. The molecule has 112 valence electrons. The van der Waals surface area contributed by atoms with Crippen LogP contribution in [0.25, 0.3) is 0 Å². The number of rotatable bonds is 4. The predicted octanol–water partition coefficient (Wildman–Crippen LogP) is -0.871. The Bertz CT molecular complexity index is 618. The van der Waals surface area contributed by atoms with Gasteiger partial charge in [0.1, 0.15) is 0 Å². The first-order valence-corrected chi connectivity index (χ1v) is 8.43. The number of hydrogen-bond donors (Lipinski definition) is 0. The van der Waals surface area contributed by atoms with Gasteiger partial charge >= 0.3 is 0 Å². The third kappa shape index (κ3) is 3.87. The van der Waals surface area contributed by atoms with Gasteiger partial charge < -0.3 is 0 Å². The molecule has 0 N–H and O–H groups in total. The van der Waals surface area contributed by atoms with Gasteiger partial charge in [-0.25, -0.2) is 13.1 Å². The molecule has 20 heavy (non-hydrogen) atoms. The van der Waals surface area contributed by atoms with Gasteiger partial charge in [0.15, 0.2) is 0 Å². The van der Waals surface area contributed by atoms with Crippen LogP contribution >= 0.6 is 0 Å². The summed E-state index contributed by atoms with van der Waals surface area (Å²) < 4.78 is 25.8. The van der Waals surface area contributed by atoms with Gasteiger partial charge in [0.2, 0.25) is 10.0 Å². The molecule has 8 heteroatoms. The number of hydrogen-bond acceptors (Lipinski definition) is 5. The van der Waals surface area contributed by atoms with E-state index in [-0.39, 0.29) is 5.56 Å². The minimum atomic E-state index is -3.09. The van der Waals surface area contributed by atoms with Gasteiger partial charge in [-0.05, 0) is 13.0 Å². The van der Waals surface area contributed by atoms with E-state index in [4.69, 9.17) is 0 Å². The summed E-state index contributed by atoms with van der Waals surface area (Å²) in [5, 5.41) is 4.18. The van der Waals surface area contributed by atoms with Gasteiger partial charge in [-0.15, -0.1) is 0 Å². The summed E-state index contributed by atoms with van der Waals surface area (Å²) in [6, 6.07) is 3.22. The number of sulfonamides is 1. The van der Waals surface area contributed by atoms with Crippen molar-refractivity contribution in [2.45, 2.75) is 13.5 Å². The lowest BCUT2D eigenvalue weighted by Gasteiger charge is -2.33. The summed E-state index contributed by atoms with van der Waals surface area (Å²) in [7, 11) is -3.09. The molecule has 0 aliphatic carbocycles. The molecule has 1 aromatic heterocycles. The molecule has 0 unspecified atom stereocenters. The van der Waals surface area contributed by atoms with Crippen LogP contribution in [0.15, 0.2) is 16.9 Å². The lowest BCUT2D eigenvalue weighted by atomic mass is 10.3. The summed E-state index contributed by atoms with van der Waals surface area (Å²) >= 11 is 0. The molecule has 2 rings (SSSR count). The Labute approximate surface area is 118 Å². The van der Waals surface area contributed by atoms with Crippen LogP contribution in [0.1, 0.15) is 5.69 Å². The molecule has 2 heterocycles. The Morgan fingerprint density at radius 1 is 1.15 bits per heavy atom. The summed E-state index contributed by atoms with van der Waals surface area (Å²) in [6.45, 7) is 5.47. The van der Waals surface area contributed by atoms with E-state index in [1.54, 1.807) is 6.07 Å². The molecule has 0 bridgehead atoms. The van der Waals surface area contributed by atoms with Crippen molar-refractivity contribution >= 4 is 10.0 Å². The first kappa shape index (κ1) is 15.1. The molecule has 0 amide bonds. The molecule has 0 aromatic carbocycles. The van der Waals surface area contributed by atoms with Crippen molar-refractivity contribution in [1.82, 2.24) is 19.0 Å². The highest BCUT2D eigenvalue weighted by atomic mass is 32.2. The maximum atomic E-state index is 11.6. The van der Waals surface area contributed by atoms with E-state index >= 15 is 0 Å². The normalized spacial score (nSPS) is 18.3. The first-order chi connectivity index (χ1) is 9.36. The molecular weight excluding hydrogens is 280 g/mol. The zero-order valence-electron chi connectivity index (χ0n) is 11.8. The number of aromatic nitrogens is 2. The van der Waals surface area contributed by atoms with Gasteiger partial charge in [-0.3, -0.25) is 9.69 Å². The zero-order valence-corrected chi connectivity index (χ0v) is 12.6. The molecule has 1 aliphatic rings. The minimum absolute atomic E-state index is 0.106. The van der Waals surface area contributed by atoms with Crippen LogP contribution in [0.2, 0.25) is 0 Å². The van der Waals surface area contributed by atoms with Gasteiger partial charge in [0.05, 0.1) is 18.5 Å². The SMILES string of the molecule is Cc1ccc(=O)n(CCN2CCN(S(C)(=O)=O)CC2)n1. The van der Waals surface area contributed by atoms with Crippen molar-refractivity contribution in [1.29, 1.82) is 0 Å². The Morgan fingerprint density at radius 3 is 2.40 bits per heavy atom. The summed E-state index contributed by atoms with van der Waals surface area (Å²) in [5.74, 6) is 0. The summed E-state index contributed by atoms with van der Waals surface area (Å²) in [6.07, 6.45) is 1.24. The number of nitrogens with zero attached hydrogens (tertiary/aromatic N) is 4. The average Bonchev–Trinajstić information content (AvgIpc) is 2.39. The number of aryl methyl sites for hydroxylation is 1. The largest absolute Gasteiger partial charge is 0.299 e. The summed E-state index contributed by atoms with van der Waals surface area (Å²) in [5.41, 5.74) is 0.705. The second kappa shape index (κ2) is 6.02. The van der Waals surface area contributed by atoms with Gasteiger partial charge in [0, 0.05) is 38.8 Å². The van der Waals surface area contributed by atoms with Gasteiger partial charge in [-0.2, -0.15) is 9.40 Å². The maximum absolute atomic E-state index is 11.6. The average molecular weight is 300 g/mol. The van der Waals surface area contributed by atoms with Crippen LogP contribution in [-0.2, 0) is 16.6 Å². The smallest absolute Gasteiger partial charge is 0.266 e. The van der Waals surface area contributed by atoms with Crippen molar-refractivity contribution in [2.75, 3.05) is 39.0 Å². The van der Waals surface area contributed by atoms with E-state index in [2.05, 4.69) is 10.00 Å². The third-order valence-corrected chi connectivity index (χ3v) is 4.73. The van der Waals surface area contributed by atoms with Gasteiger partial charge in [-0.1, -0.05) is 0 Å². The molecule has 1 saturated heterocycles. The van der Waals surface area contributed by atoms with Gasteiger partial charge in [0.25, 0.3) is 5.56 Å². The molecule has 0 atom stereocenters. The zero-order chi connectivity index (χ0) is 14.8. The fraction of sp³-hybridized carbons (Fsp3) is 0.667. The lowest BCUT2D eigenvalue weighted by molar-refractivity contribution is 0.180. The van der Waals surface area contributed by atoms with E-state index < -0.39 is 10.0 Å². The Kier molecular flexibility index (Phi) is 4.56. The third-order valence-electron chi connectivity index (χ3n) is 3.43. The van der Waals surface area contributed by atoms with Crippen molar-refractivity contribution < 1.29 is 8.42 Å². The molecule has 0 radical (unpaired) electrons. The van der Waals surface area contributed by atoms with E-state index in [0.29, 0.717) is 39.3 Å². The van der Waals surface area contributed by atoms with Crippen LogP contribution in [0.4, 0.5) is 0 Å². The molecule has 0 spiro atoms. The molecule has 7 nitrogen and oxygen atoms in total. The Hall–Kier alpha value is -1.25. The highest BCUT2D eigenvalue weighted by Gasteiger charge is 2.22. The molecule has 0 saturated carbocycles. The highest BCUT2D eigenvalue weighted by Crippen LogP contribution is 2.05. The standard InChI is InChI=1S/C12H20N4O3S/c1-11-3-4-12(17)16(13-11)10-7-14-5-8-15(9-6-14)20(2,18)19/h3-4H,5-10H2,1-2H3. The van der Waals surface area contributed by atoms with Crippen molar-refractivity contribution in [3.63, 3.8) is 0 Å². The number of piperazine rings is 1.